The van der Waals surface area contributed by atoms with E-state index in [0.717, 1.165) is 0 Å². The molecule has 0 atom stereocenters. The van der Waals surface area contributed by atoms with Crippen LogP contribution in [0.5, 0.6) is 0 Å². The van der Waals surface area contributed by atoms with Crippen molar-refractivity contribution in [1.82, 2.24) is 14.5 Å². The fourth-order valence-corrected chi connectivity index (χ4v) is 3.87. The Kier molecular flexibility index (Phi) is 5.16. The van der Waals surface area contributed by atoms with E-state index in [1.54, 1.807) is 13.8 Å². The molecule has 120 valence electrons. The lowest BCUT2D eigenvalue weighted by atomic mass is 10.0. The van der Waals surface area contributed by atoms with Gasteiger partial charge >= 0.3 is 5.97 Å². The number of aromatic nitrogens is 2. The molecule has 2 N–H and O–H groups in total. The van der Waals surface area contributed by atoms with Gasteiger partial charge in [0.1, 0.15) is 4.90 Å². The third kappa shape index (κ3) is 4.28. The molecule has 0 aromatic carbocycles. The zero-order chi connectivity index (χ0) is 16.4. The zero-order valence-corrected chi connectivity index (χ0v) is 13.9. The third-order valence-corrected chi connectivity index (χ3v) is 5.37. The quantitative estimate of drug-likeness (QED) is 0.792. The normalized spacial score (nSPS) is 12.6. The van der Waals surface area contributed by atoms with Crippen molar-refractivity contribution in [2.75, 3.05) is 0 Å². The van der Waals surface area contributed by atoms with Crippen LogP contribution in [0.15, 0.2) is 4.90 Å². The van der Waals surface area contributed by atoms with Gasteiger partial charge in [-0.1, -0.05) is 6.92 Å². The molecule has 1 rings (SSSR count). The fraction of sp³-hybridized carbons (Fsp3) is 0.692. The summed E-state index contributed by atoms with van der Waals surface area (Å²) in [6.07, 6.45) is 0.548. The van der Waals surface area contributed by atoms with Crippen LogP contribution < -0.4 is 4.72 Å². The second-order valence-electron chi connectivity index (χ2n) is 5.71. The molecule has 1 aromatic heterocycles. The number of hydrogen-bond donors (Lipinski definition) is 2. The molecular weight excluding hydrogens is 294 g/mol. The maximum atomic E-state index is 12.5. The number of nitrogens with one attached hydrogen (secondary N) is 1. The lowest BCUT2D eigenvalue weighted by Crippen LogP contribution is -2.43. The van der Waals surface area contributed by atoms with Crippen LogP contribution in [-0.2, 0) is 21.4 Å². The lowest BCUT2D eigenvalue weighted by molar-refractivity contribution is -0.137. The van der Waals surface area contributed by atoms with Crippen molar-refractivity contribution in [2.45, 2.75) is 64.4 Å². The molecule has 0 saturated carbocycles. The van der Waals surface area contributed by atoms with Crippen LogP contribution >= 0.6 is 0 Å². The van der Waals surface area contributed by atoms with Crippen LogP contribution in [0.4, 0.5) is 0 Å². The first-order chi connectivity index (χ1) is 9.50. The summed E-state index contributed by atoms with van der Waals surface area (Å²) in [5.41, 5.74) is 0.270. The van der Waals surface area contributed by atoms with Crippen LogP contribution in [-0.4, -0.2) is 34.8 Å². The molecule has 0 aliphatic carbocycles. The van der Waals surface area contributed by atoms with Gasteiger partial charge in [-0.05, 0) is 34.1 Å². The highest BCUT2D eigenvalue weighted by Crippen LogP contribution is 2.22. The Morgan fingerprint density at radius 1 is 1.38 bits per heavy atom. The molecule has 1 heterocycles. The van der Waals surface area contributed by atoms with E-state index >= 15 is 0 Å². The van der Waals surface area contributed by atoms with E-state index in [1.165, 1.54) is 4.68 Å². The largest absolute Gasteiger partial charge is 0.481 e. The summed E-state index contributed by atoms with van der Waals surface area (Å²) in [6.45, 7) is 8.91. The number of sulfonamides is 1. The van der Waals surface area contributed by atoms with Gasteiger partial charge in [0.2, 0.25) is 10.0 Å². The van der Waals surface area contributed by atoms with Crippen molar-refractivity contribution in [3.63, 3.8) is 0 Å². The smallest absolute Gasteiger partial charge is 0.305 e. The van der Waals surface area contributed by atoms with E-state index < -0.39 is 21.5 Å². The van der Waals surface area contributed by atoms with Gasteiger partial charge in [-0.2, -0.15) is 5.10 Å². The van der Waals surface area contributed by atoms with Gasteiger partial charge in [0.05, 0.1) is 24.4 Å². The predicted octanol–water partition coefficient (Wildman–Crippen LogP) is 1.44. The number of nitrogens with zero attached hydrogens (tertiary/aromatic N) is 2. The summed E-state index contributed by atoms with van der Waals surface area (Å²) in [4.78, 5) is 10.8. The summed E-state index contributed by atoms with van der Waals surface area (Å²) in [6, 6.07) is 0. The summed E-state index contributed by atoms with van der Waals surface area (Å²) < 4.78 is 29.1. The Hall–Kier alpha value is -1.41. The monoisotopic (exact) mass is 317 g/mol. The Morgan fingerprint density at radius 2 is 1.95 bits per heavy atom. The van der Waals surface area contributed by atoms with Crippen LogP contribution in [0, 0.1) is 13.8 Å². The first-order valence-electron chi connectivity index (χ1n) is 6.80. The minimum Gasteiger partial charge on any atom is -0.481 e. The second kappa shape index (κ2) is 6.15. The highest BCUT2D eigenvalue weighted by Gasteiger charge is 2.29. The van der Waals surface area contributed by atoms with Gasteiger partial charge in [-0.15, -0.1) is 0 Å². The molecule has 0 fully saturated rings. The van der Waals surface area contributed by atoms with Crippen molar-refractivity contribution in [2.24, 2.45) is 0 Å². The molecule has 7 nitrogen and oxygen atoms in total. The van der Waals surface area contributed by atoms with E-state index in [4.69, 9.17) is 5.11 Å². The summed E-state index contributed by atoms with van der Waals surface area (Å²) in [7, 11) is -3.69. The third-order valence-electron chi connectivity index (χ3n) is 3.42. The molecular formula is C13H23N3O4S. The number of rotatable bonds is 7. The minimum absolute atomic E-state index is 0.102. The first kappa shape index (κ1) is 17.6. The van der Waals surface area contributed by atoms with Crippen LogP contribution in [0.3, 0.4) is 0 Å². The summed E-state index contributed by atoms with van der Waals surface area (Å²) >= 11 is 0. The minimum atomic E-state index is -3.69. The summed E-state index contributed by atoms with van der Waals surface area (Å²) in [5, 5.41) is 12.9. The molecule has 1 aromatic rings. The Morgan fingerprint density at radius 3 is 2.43 bits per heavy atom. The Bertz CT molecular complexity index is 632. The highest BCUT2D eigenvalue weighted by molar-refractivity contribution is 7.89. The van der Waals surface area contributed by atoms with Gasteiger partial charge in [0.15, 0.2) is 0 Å². The van der Waals surface area contributed by atoms with E-state index in [0.29, 0.717) is 17.8 Å². The van der Waals surface area contributed by atoms with Crippen molar-refractivity contribution < 1.29 is 18.3 Å². The number of carboxylic acid groups (broad SMARTS) is 1. The molecule has 0 bridgehead atoms. The number of aryl methyl sites for hydroxylation is 2. The zero-order valence-electron chi connectivity index (χ0n) is 13.1. The lowest BCUT2D eigenvalue weighted by Gasteiger charge is -2.24. The van der Waals surface area contributed by atoms with Crippen molar-refractivity contribution in [3.8, 4) is 0 Å². The topological polar surface area (TPSA) is 101 Å². The van der Waals surface area contributed by atoms with E-state index in [-0.39, 0.29) is 17.9 Å². The SMILES string of the molecule is CCC(C)(C)NS(=O)(=O)c1c(C)nn(CCC(=O)O)c1C. The van der Waals surface area contributed by atoms with Crippen LogP contribution in [0.2, 0.25) is 0 Å². The maximum absolute atomic E-state index is 12.5. The number of carboxylic acids is 1. The van der Waals surface area contributed by atoms with Gasteiger partial charge in [-0.3, -0.25) is 9.48 Å². The first-order valence-corrected chi connectivity index (χ1v) is 8.28. The highest BCUT2D eigenvalue weighted by atomic mass is 32.2. The molecule has 0 radical (unpaired) electrons. The van der Waals surface area contributed by atoms with Crippen LogP contribution in [0.1, 0.15) is 45.0 Å². The molecule has 0 amide bonds. The molecule has 0 saturated heterocycles. The van der Waals surface area contributed by atoms with Crippen molar-refractivity contribution in [1.29, 1.82) is 0 Å². The molecule has 21 heavy (non-hydrogen) atoms. The van der Waals surface area contributed by atoms with Gasteiger partial charge in [-0.25, -0.2) is 13.1 Å². The molecule has 0 aliphatic heterocycles. The van der Waals surface area contributed by atoms with E-state index in [9.17, 15) is 13.2 Å². The summed E-state index contributed by atoms with van der Waals surface area (Å²) in [5.74, 6) is -0.947. The van der Waals surface area contributed by atoms with E-state index in [1.807, 2.05) is 20.8 Å². The average Bonchev–Trinajstić information content (AvgIpc) is 2.61. The number of aliphatic carboxylic acids is 1. The number of hydrogen-bond acceptors (Lipinski definition) is 4. The molecule has 0 aliphatic rings. The van der Waals surface area contributed by atoms with Gasteiger partial charge in [0.25, 0.3) is 0 Å². The predicted molar refractivity (Wildman–Crippen MR) is 78.6 cm³/mol. The maximum Gasteiger partial charge on any atom is 0.305 e. The molecule has 8 heteroatoms. The van der Waals surface area contributed by atoms with Gasteiger partial charge < -0.3 is 5.11 Å². The van der Waals surface area contributed by atoms with Crippen molar-refractivity contribution >= 4 is 16.0 Å². The Labute approximate surface area is 125 Å². The average molecular weight is 317 g/mol. The fourth-order valence-electron chi connectivity index (χ4n) is 1.98. The van der Waals surface area contributed by atoms with Crippen molar-refractivity contribution in [3.05, 3.63) is 11.4 Å². The number of carbonyl (C=O) groups is 1. The second-order valence-corrected chi connectivity index (χ2v) is 7.33. The van der Waals surface area contributed by atoms with Crippen LogP contribution in [0.25, 0.3) is 0 Å². The standard InChI is InChI=1S/C13H23N3O4S/c1-6-13(4,5)15-21(19,20)12-9(2)14-16(10(12)3)8-7-11(17)18/h15H,6-8H2,1-5H3,(H,17,18). The molecule has 0 unspecified atom stereocenters. The van der Waals surface area contributed by atoms with Gasteiger partial charge in [0, 0.05) is 5.54 Å². The molecule has 0 spiro atoms. The Balaban J connectivity index is 3.16. The van der Waals surface area contributed by atoms with E-state index in [2.05, 4.69) is 9.82 Å².